The number of amides is 1. The summed E-state index contributed by atoms with van der Waals surface area (Å²) in [5, 5.41) is 8.93. The second-order valence-corrected chi connectivity index (χ2v) is 6.83. The van der Waals surface area contributed by atoms with E-state index in [1.165, 1.54) is 5.56 Å². The monoisotopic (exact) mass is 543 g/mol. The van der Waals surface area contributed by atoms with E-state index in [2.05, 4.69) is 31.8 Å². The number of hydrogen-bond acceptors (Lipinski definition) is 4. The van der Waals surface area contributed by atoms with Gasteiger partial charge < -0.3 is 20.4 Å². The number of hydrogen-bond donors (Lipinski definition) is 3. The standard InChI is InChI=1S/C24H25N5O2.HI/c1-4-18-7-6-8-20(13-18)28-22(30)15-27-24(25-5-2)26-14-21-16-31-23(29-21)19-11-9-17(3)10-12-19;/h1,6-13,16H,5,14-15H2,2-3H3,(H,28,30)(H2,25,26,27);1H. The van der Waals surface area contributed by atoms with Gasteiger partial charge >= 0.3 is 0 Å². The first-order chi connectivity index (χ1) is 15.1. The largest absolute Gasteiger partial charge is 0.444 e. The first-order valence-corrected chi connectivity index (χ1v) is 9.97. The Bertz CT molecular complexity index is 1100. The predicted octanol–water partition coefficient (Wildman–Crippen LogP) is 3.94. The van der Waals surface area contributed by atoms with Gasteiger partial charge in [0.25, 0.3) is 0 Å². The molecular weight excluding hydrogens is 517 g/mol. The Morgan fingerprint density at radius 3 is 2.69 bits per heavy atom. The van der Waals surface area contributed by atoms with Crippen LogP contribution in [-0.4, -0.2) is 29.9 Å². The molecule has 3 aromatic rings. The van der Waals surface area contributed by atoms with Gasteiger partial charge in [0.15, 0.2) is 5.96 Å². The second-order valence-electron chi connectivity index (χ2n) is 6.83. The highest BCUT2D eigenvalue weighted by Crippen LogP contribution is 2.19. The number of oxazole rings is 1. The molecule has 1 amide bonds. The molecule has 0 spiro atoms. The van der Waals surface area contributed by atoms with Crippen LogP contribution >= 0.6 is 24.0 Å². The number of halogens is 1. The maximum atomic E-state index is 12.2. The van der Waals surface area contributed by atoms with Crippen LogP contribution in [0.3, 0.4) is 0 Å². The normalized spacial score (nSPS) is 10.6. The summed E-state index contributed by atoms with van der Waals surface area (Å²) in [5.41, 5.74) is 4.14. The molecule has 1 heterocycles. The van der Waals surface area contributed by atoms with E-state index in [-0.39, 0.29) is 36.4 Å². The van der Waals surface area contributed by atoms with Gasteiger partial charge in [0, 0.05) is 23.4 Å². The number of rotatable bonds is 7. The molecule has 0 fully saturated rings. The maximum Gasteiger partial charge on any atom is 0.243 e. The van der Waals surface area contributed by atoms with Gasteiger partial charge in [0.2, 0.25) is 11.8 Å². The Kier molecular flexibility index (Phi) is 9.76. The van der Waals surface area contributed by atoms with E-state index in [1.54, 1.807) is 30.5 Å². The molecule has 0 saturated heterocycles. The van der Waals surface area contributed by atoms with Gasteiger partial charge in [-0.2, -0.15) is 0 Å². The van der Waals surface area contributed by atoms with Crippen molar-refractivity contribution < 1.29 is 9.21 Å². The number of terminal acetylenes is 1. The van der Waals surface area contributed by atoms with Gasteiger partial charge in [-0.15, -0.1) is 30.4 Å². The molecule has 0 aliphatic rings. The Morgan fingerprint density at radius 1 is 1.19 bits per heavy atom. The lowest BCUT2D eigenvalue weighted by Gasteiger charge is -2.11. The SMILES string of the molecule is C#Cc1cccc(NC(=O)CNC(=NCc2coc(-c3ccc(C)cc3)n2)NCC)c1.I. The van der Waals surface area contributed by atoms with Crippen LogP contribution in [0.1, 0.15) is 23.7 Å². The molecule has 0 unspecified atom stereocenters. The average Bonchev–Trinajstić information content (AvgIpc) is 3.25. The van der Waals surface area contributed by atoms with Crippen LogP contribution in [0.2, 0.25) is 0 Å². The lowest BCUT2D eigenvalue weighted by Crippen LogP contribution is -2.41. The van der Waals surface area contributed by atoms with Crippen LogP contribution in [0.25, 0.3) is 11.5 Å². The molecule has 32 heavy (non-hydrogen) atoms. The number of anilines is 1. The lowest BCUT2D eigenvalue weighted by molar-refractivity contribution is -0.115. The fourth-order valence-electron chi connectivity index (χ4n) is 2.77. The second kappa shape index (κ2) is 12.5. The number of aryl methyl sites for hydroxylation is 1. The zero-order chi connectivity index (χ0) is 22.1. The Balaban J connectivity index is 0.00000363. The van der Waals surface area contributed by atoms with Gasteiger partial charge in [0.1, 0.15) is 12.0 Å². The molecular formula is C24H26IN5O2. The average molecular weight is 543 g/mol. The zero-order valence-electron chi connectivity index (χ0n) is 18.0. The van der Waals surface area contributed by atoms with Crippen molar-refractivity contribution in [3.63, 3.8) is 0 Å². The quantitative estimate of drug-likeness (QED) is 0.182. The van der Waals surface area contributed by atoms with Crippen LogP contribution in [-0.2, 0) is 11.3 Å². The molecule has 0 aliphatic carbocycles. The number of aliphatic imine (C=N–C) groups is 1. The summed E-state index contributed by atoms with van der Waals surface area (Å²) in [6.45, 7) is 5.01. The molecule has 2 aromatic carbocycles. The maximum absolute atomic E-state index is 12.2. The highest BCUT2D eigenvalue weighted by Gasteiger charge is 2.08. The molecule has 0 saturated carbocycles. The van der Waals surface area contributed by atoms with Crippen molar-refractivity contribution in [3.05, 3.63) is 71.6 Å². The highest BCUT2D eigenvalue weighted by atomic mass is 127. The van der Waals surface area contributed by atoms with E-state index in [0.29, 0.717) is 41.9 Å². The van der Waals surface area contributed by atoms with E-state index >= 15 is 0 Å². The minimum absolute atomic E-state index is 0. The molecule has 0 atom stereocenters. The number of nitrogens with zero attached hydrogens (tertiary/aromatic N) is 2. The van der Waals surface area contributed by atoms with E-state index in [9.17, 15) is 4.79 Å². The van der Waals surface area contributed by atoms with Crippen molar-refractivity contribution in [1.29, 1.82) is 0 Å². The van der Waals surface area contributed by atoms with E-state index in [4.69, 9.17) is 10.8 Å². The molecule has 0 aliphatic heterocycles. The Morgan fingerprint density at radius 2 is 1.97 bits per heavy atom. The molecule has 0 bridgehead atoms. The summed E-state index contributed by atoms with van der Waals surface area (Å²) in [4.78, 5) is 21.2. The molecule has 8 heteroatoms. The molecule has 7 nitrogen and oxygen atoms in total. The number of carbonyl (C=O) groups excluding carboxylic acids is 1. The van der Waals surface area contributed by atoms with E-state index < -0.39 is 0 Å². The molecule has 3 N–H and O–H groups in total. The van der Waals surface area contributed by atoms with E-state index in [0.717, 1.165) is 5.56 Å². The smallest absolute Gasteiger partial charge is 0.243 e. The minimum atomic E-state index is -0.206. The summed E-state index contributed by atoms with van der Waals surface area (Å²) in [6.07, 6.45) is 6.98. The van der Waals surface area contributed by atoms with Gasteiger partial charge in [-0.1, -0.05) is 29.7 Å². The van der Waals surface area contributed by atoms with Crippen molar-refractivity contribution in [2.75, 3.05) is 18.4 Å². The van der Waals surface area contributed by atoms with Gasteiger partial charge in [-0.05, 0) is 44.2 Å². The van der Waals surface area contributed by atoms with Gasteiger partial charge in [0.05, 0.1) is 13.1 Å². The third-order valence-electron chi connectivity index (χ3n) is 4.32. The summed E-state index contributed by atoms with van der Waals surface area (Å²) >= 11 is 0. The van der Waals surface area contributed by atoms with Crippen molar-refractivity contribution in [1.82, 2.24) is 15.6 Å². The van der Waals surface area contributed by atoms with E-state index in [1.807, 2.05) is 38.1 Å². The third-order valence-corrected chi connectivity index (χ3v) is 4.32. The van der Waals surface area contributed by atoms with Crippen LogP contribution in [0.4, 0.5) is 5.69 Å². The number of guanidine groups is 1. The molecule has 3 rings (SSSR count). The van der Waals surface area contributed by atoms with Crippen molar-refractivity contribution in [3.8, 4) is 23.8 Å². The fourth-order valence-corrected chi connectivity index (χ4v) is 2.77. The number of nitrogens with one attached hydrogen (secondary N) is 3. The van der Waals surface area contributed by atoms with Gasteiger partial charge in [-0.3, -0.25) is 4.79 Å². The first kappa shape index (κ1) is 24.9. The van der Waals surface area contributed by atoms with Crippen molar-refractivity contribution >= 4 is 41.5 Å². The molecule has 1 aromatic heterocycles. The molecule has 166 valence electrons. The summed E-state index contributed by atoms with van der Waals surface area (Å²) in [6, 6.07) is 15.1. The van der Waals surface area contributed by atoms with Gasteiger partial charge in [-0.25, -0.2) is 9.98 Å². The first-order valence-electron chi connectivity index (χ1n) is 9.97. The number of benzene rings is 2. The van der Waals surface area contributed by atoms with Crippen LogP contribution in [0, 0.1) is 19.3 Å². The lowest BCUT2D eigenvalue weighted by atomic mass is 10.1. The third kappa shape index (κ3) is 7.42. The fraction of sp³-hybridized carbons (Fsp3) is 0.208. The highest BCUT2D eigenvalue weighted by molar-refractivity contribution is 14.0. The topological polar surface area (TPSA) is 91.5 Å². The summed E-state index contributed by atoms with van der Waals surface area (Å²) in [5.74, 6) is 3.40. The van der Waals surface area contributed by atoms with Crippen molar-refractivity contribution in [2.45, 2.75) is 20.4 Å². The Labute approximate surface area is 205 Å². The Hall–Kier alpha value is -3.32. The number of carbonyl (C=O) groups is 1. The predicted molar refractivity (Wildman–Crippen MR) is 138 cm³/mol. The number of aromatic nitrogens is 1. The van der Waals surface area contributed by atoms with Crippen molar-refractivity contribution in [2.24, 2.45) is 4.99 Å². The zero-order valence-corrected chi connectivity index (χ0v) is 20.3. The van der Waals surface area contributed by atoms with Crippen LogP contribution < -0.4 is 16.0 Å². The summed E-state index contributed by atoms with van der Waals surface area (Å²) < 4.78 is 5.57. The van der Waals surface area contributed by atoms with Crippen LogP contribution in [0.5, 0.6) is 0 Å². The van der Waals surface area contributed by atoms with Crippen LogP contribution in [0.15, 0.2) is 64.2 Å². The summed E-state index contributed by atoms with van der Waals surface area (Å²) in [7, 11) is 0. The molecule has 0 radical (unpaired) electrons. The minimum Gasteiger partial charge on any atom is -0.444 e.